The predicted molar refractivity (Wildman–Crippen MR) is 76.2 cm³/mol. The molecule has 0 saturated heterocycles. The van der Waals surface area contributed by atoms with E-state index in [4.69, 9.17) is 11.6 Å². The topological polar surface area (TPSA) is 49.3 Å². The van der Waals surface area contributed by atoms with Crippen molar-refractivity contribution in [2.24, 2.45) is 0 Å². The predicted octanol–water partition coefficient (Wildman–Crippen LogP) is 2.69. The molecule has 4 heteroatoms. The minimum Gasteiger partial charge on any atom is -0.394 e. The van der Waals surface area contributed by atoms with Gasteiger partial charge in [-0.15, -0.1) is 0 Å². The SMILES string of the molecule is O=C(Cc1ccc(Cl)cc1)NC1(CO)CCCCC1. The third-order valence-electron chi connectivity index (χ3n) is 3.80. The molecule has 0 aliphatic heterocycles. The summed E-state index contributed by atoms with van der Waals surface area (Å²) in [6.45, 7) is 0.0271. The van der Waals surface area contributed by atoms with E-state index in [1.165, 1.54) is 6.42 Å². The number of rotatable bonds is 4. The van der Waals surface area contributed by atoms with E-state index in [1.807, 2.05) is 12.1 Å². The Labute approximate surface area is 119 Å². The number of aliphatic hydroxyl groups excluding tert-OH is 1. The van der Waals surface area contributed by atoms with Gasteiger partial charge in [-0.05, 0) is 30.5 Å². The van der Waals surface area contributed by atoms with Crippen molar-refractivity contribution in [1.29, 1.82) is 0 Å². The van der Waals surface area contributed by atoms with Gasteiger partial charge in [-0.25, -0.2) is 0 Å². The summed E-state index contributed by atoms with van der Waals surface area (Å²) in [6.07, 6.45) is 5.41. The molecule has 1 aliphatic rings. The van der Waals surface area contributed by atoms with Crippen LogP contribution in [0.3, 0.4) is 0 Å². The maximum Gasteiger partial charge on any atom is 0.224 e. The average molecular weight is 282 g/mol. The molecule has 3 nitrogen and oxygen atoms in total. The number of carbonyl (C=O) groups is 1. The molecule has 1 aromatic rings. The number of nitrogens with one attached hydrogen (secondary N) is 1. The monoisotopic (exact) mass is 281 g/mol. The highest BCUT2D eigenvalue weighted by Crippen LogP contribution is 2.27. The molecule has 104 valence electrons. The first-order valence-corrected chi connectivity index (χ1v) is 7.18. The lowest BCUT2D eigenvalue weighted by molar-refractivity contribution is -0.123. The third-order valence-corrected chi connectivity index (χ3v) is 4.05. The van der Waals surface area contributed by atoms with Gasteiger partial charge < -0.3 is 10.4 Å². The van der Waals surface area contributed by atoms with Crippen molar-refractivity contribution in [1.82, 2.24) is 5.32 Å². The van der Waals surface area contributed by atoms with Crippen molar-refractivity contribution in [3.63, 3.8) is 0 Å². The van der Waals surface area contributed by atoms with Crippen LogP contribution < -0.4 is 5.32 Å². The van der Waals surface area contributed by atoms with Crippen LogP contribution in [-0.2, 0) is 11.2 Å². The van der Waals surface area contributed by atoms with Gasteiger partial charge in [-0.3, -0.25) is 4.79 Å². The lowest BCUT2D eigenvalue weighted by Gasteiger charge is -2.36. The number of benzene rings is 1. The van der Waals surface area contributed by atoms with Crippen LogP contribution in [0.4, 0.5) is 0 Å². The highest BCUT2D eigenvalue weighted by Gasteiger charge is 2.32. The maximum absolute atomic E-state index is 12.1. The number of hydrogen-bond donors (Lipinski definition) is 2. The molecule has 2 rings (SSSR count). The van der Waals surface area contributed by atoms with Crippen LogP contribution in [0.25, 0.3) is 0 Å². The van der Waals surface area contributed by atoms with E-state index in [1.54, 1.807) is 12.1 Å². The van der Waals surface area contributed by atoms with Crippen LogP contribution in [0.5, 0.6) is 0 Å². The van der Waals surface area contributed by atoms with Gasteiger partial charge in [0.05, 0.1) is 18.6 Å². The molecule has 1 aromatic carbocycles. The van der Waals surface area contributed by atoms with E-state index in [2.05, 4.69) is 5.32 Å². The first kappa shape index (κ1) is 14.4. The highest BCUT2D eigenvalue weighted by atomic mass is 35.5. The number of halogens is 1. The Morgan fingerprint density at radius 2 is 1.84 bits per heavy atom. The summed E-state index contributed by atoms with van der Waals surface area (Å²) in [7, 11) is 0. The molecule has 0 unspecified atom stereocenters. The van der Waals surface area contributed by atoms with Crippen molar-refractivity contribution in [2.45, 2.75) is 44.1 Å². The summed E-state index contributed by atoms with van der Waals surface area (Å²) in [5.74, 6) is -0.0294. The van der Waals surface area contributed by atoms with Crippen molar-refractivity contribution in [2.75, 3.05) is 6.61 Å². The van der Waals surface area contributed by atoms with E-state index < -0.39 is 5.54 Å². The molecule has 0 aromatic heterocycles. The molecule has 0 radical (unpaired) electrons. The Kier molecular flexibility index (Phi) is 4.83. The van der Waals surface area contributed by atoms with Crippen LogP contribution in [0.2, 0.25) is 5.02 Å². The Morgan fingerprint density at radius 3 is 2.42 bits per heavy atom. The molecule has 0 spiro atoms. The fourth-order valence-corrected chi connectivity index (χ4v) is 2.80. The summed E-state index contributed by atoms with van der Waals surface area (Å²) in [4.78, 5) is 12.1. The van der Waals surface area contributed by atoms with E-state index in [-0.39, 0.29) is 12.5 Å². The third kappa shape index (κ3) is 3.95. The van der Waals surface area contributed by atoms with Crippen molar-refractivity contribution in [3.8, 4) is 0 Å². The van der Waals surface area contributed by atoms with Gasteiger partial charge in [0, 0.05) is 5.02 Å². The highest BCUT2D eigenvalue weighted by molar-refractivity contribution is 6.30. The lowest BCUT2D eigenvalue weighted by Crippen LogP contribution is -2.52. The van der Waals surface area contributed by atoms with E-state index in [0.717, 1.165) is 31.2 Å². The van der Waals surface area contributed by atoms with Crippen LogP contribution in [0.1, 0.15) is 37.7 Å². The van der Waals surface area contributed by atoms with Crippen LogP contribution in [0.15, 0.2) is 24.3 Å². The first-order valence-electron chi connectivity index (χ1n) is 6.80. The fraction of sp³-hybridized carbons (Fsp3) is 0.533. The molecule has 1 fully saturated rings. The largest absolute Gasteiger partial charge is 0.394 e. The van der Waals surface area contributed by atoms with E-state index >= 15 is 0 Å². The molecule has 1 amide bonds. The number of carbonyl (C=O) groups excluding carboxylic acids is 1. The molecule has 0 heterocycles. The summed E-state index contributed by atoms with van der Waals surface area (Å²) in [6, 6.07) is 7.28. The molecular weight excluding hydrogens is 262 g/mol. The number of amides is 1. The van der Waals surface area contributed by atoms with Gasteiger partial charge in [-0.1, -0.05) is 43.0 Å². The summed E-state index contributed by atoms with van der Waals surface area (Å²) in [5, 5.41) is 13.3. The normalized spacial score (nSPS) is 18.0. The second-order valence-corrected chi connectivity index (χ2v) is 5.79. The van der Waals surface area contributed by atoms with Crippen LogP contribution in [0, 0.1) is 0 Å². The zero-order valence-electron chi connectivity index (χ0n) is 11.0. The standard InChI is InChI=1S/C15H20ClNO2/c16-13-6-4-12(5-7-13)10-14(19)17-15(11-18)8-2-1-3-9-15/h4-7,18H,1-3,8-11H2,(H,17,19). The maximum atomic E-state index is 12.1. The quantitative estimate of drug-likeness (QED) is 0.891. The average Bonchev–Trinajstić information content (AvgIpc) is 2.42. The smallest absolute Gasteiger partial charge is 0.224 e. The minimum atomic E-state index is -0.401. The van der Waals surface area contributed by atoms with Gasteiger partial charge in [0.1, 0.15) is 0 Å². The van der Waals surface area contributed by atoms with E-state index in [9.17, 15) is 9.90 Å². The summed E-state index contributed by atoms with van der Waals surface area (Å²) in [5.41, 5.74) is 0.535. The van der Waals surface area contributed by atoms with E-state index in [0.29, 0.717) is 11.4 Å². The van der Waals surface area contributed by atoms with Crippen LogP contribution in [-0.4, -0.2) is 23.2 Å². The molecule has 1 aliphatic carbocycles. The Morgan fingerprint density at radius 1 is 1.21 bits per heavy atom. The Bertz CT molecular complexity index is 424. The summed E-state index contributed by atoms with van der Waals surface area (Å²) < 4.78 is 0. The fourth-order valence-electron chi connectivity index (χ4n) is 2.68. The molecule has 19 heavy (non-hydrogen) atoms. The molecule has 0 bridgehead atoms. The minimum absolute atomic E-state index is 0.0271. The first-order chi connectivity index (χ1) is 9.13. The Balaban J connectivity index is 1.94. The van der Waals surface area contributed by atoms with Crippen molar-refractivity contribution in [3.05, 3.63) is 34.9 Å². The van der Waals surface area contributed by atoms with Gasteiger partial charge in [0.2, 0.25) is 5.91 Å². The van der Waals surface area contributed by atoms with Gasteiger partial charge in [0.25, 0.3) is 0 Å². The molecule has 1 saturated carbocycles. The number of aliphatic hydroxyl groups is 1. The molecular formula is C15H20ClNO2. The van der Waals surface area contributed by atoms with Gasteiger partial charge >= 0.3 is 0 Å². The van der Waals surface area contributed by atoms with Crippen LogP contribution >= 0.6 is 11.6 Å². The summed E-state index contributed by atoms with van der Waals surface area (Å²) >= 11 is 5.81. The zero-order chi connectivity index (χ0) is 13.7. The second-order valence-electron chi connectivity index (χ2n) is 5.35. The van der Waals surface area contributed by atoms with Crippen molar-refractivity contribution < 1.29 is 9.90 Å². The zero-order valence-corrected chi connectivity index (χ0v) is 11.7. The van der Waals surface area contributed by atoms with Gasteiger partial charge in [0.15, 0.2) is 0 Å². The lowest BCUT2D eigenvalue weighted by atomic mass is 9.82. The molecule has 2 N–H and O–H groups in total. The second kappa shape index (κ2) is 6.40. The van der Waals surface area contributed by atoms with Crippen molar-refractivity contribution >= 4 is 17.5 Å². The Hall–Kier alpha value is -1.06. The molecule has 0 atom stereocenters. The van der Waals surface area contributed by atoms with Gasteiger partial charge in [-0.2, -0.15) is 0 Å². The number of hydrogen-bond acceptors (Lipinski definition) is 2.